The molecule has 0 aliphatic heterocycles. The summed E-state index contributed by atoms with van der Waals surface area (Å²) >= 11 is 0. The average Bonchev–Trinajstić information content (AvgIpc) is 2.52. The Bertz CT molecular complexity index is 484. The molecule has 4 heteroatoms. The van der Waals surface area contributed by atoms with Crippen molar-refractivity contribution in [2.45, 2.75) is 53.4 Å². The summed E-state index contributed by atoms with van der Waals surface area (Å²) in [6, 6.07) is 11.2. The average molecular weight is 287 g/mol. The summed E-state index contributed by atoms with van der Waals surface area (Å²) in [6.07, 6.45) is 0.285. The highest BCUT2D eigenvalue weighted by Crippen LogP contribution is 2.21. The number of hydrogen-bond acceptors (Lipinski definition) is 3. The SMILES string of the molecule is CC.CC.CC(CC#N)c1cccc(NC(=O)CC#N)c1. The standard InChI is InChI=1S/C13H13N3O.2C2H6/c1-10(5-7-14)11-3-2-4-12(9-11)16-13(17)6-8-15;2*1-2/h2-4,9-10H,5-6H2,1H3,(H,16,17);2*1-2H3. The molecule has 0 aliphatic carbocycles. The van der Waals surface area contributed by atoms with Crippen LogP contribution < -0.4 is 5.32 Å². The smallest absolute Gasteiger partial charge is 0.238 e. The van der Waals surface area contributed by atoms with E-state index in [1.54, 1.807) is 12.1 Å². The molecule has 0 bridgehead atoms. The summed E-state index contributed by atoms with van der Waals surface area (Å²) < 4.78 is 0. The first-order chi connectivity index (χ1) is 10.2. The van der Waals surface area contributed by atoms with E-state index in [4.69, 9.17) is 10.5 Å². The fourth-order valence-electron chi connectivity index (χ4n) is 1.45. The van der Waals surface area contributed by atoms with Crippen molar-refractivity contribution < 1.29 is 4.79 Å². The summed E-state index contributed by atoms with van der Waals surface area (Å²) in [4.78, 5) is 11.2. The minimum absolute atomic E-state index is 0.132. The highest BCUT2D eigenvalue weighted by molar-refractivity contribution is 5.92. The lowest BCUT2D eigenvalue weighted by Gasteiger charge is -2.10. The molecule has 114 valence electrons. The molecule has 0 heterocycles. The Morgan fingerprint density at radius 3 is 2.33 bits per heavy atom. The zero-order valence-electron chi connectivity index (χ0n) is 13.6. The maximum atomic E-state index is 11.2. The molecule has 1 aromatic carbocycles. The molecular weight excluding hydrogens is 262 g/mol. The fourth-order valence-corrected chi connectivity index (χ4v) is 1.45. The van der Waals surface area contributed by atoms with Crippen molar-refractivity contribution in [1.29, 1.82) is 10.5 Å². The number of carbonyl (C=O) groups excluding carboxylic acids is 1. The van der Waals surface area contributed by atoms with E-state index in [-0.39, 0.29) is 18.2 Å². The van der Waals surface area contributed by atoms with Gasteiger partial charge in [-0.2, -0.15) is 10.5 Å². The quantitative estimate of drug-likeness (QED) is 0.878. The number of carbonyl (C=O) groups is 1. The zero-order valence-corrected chi connectivity index (χ0v) is 13.6. The predicted molar refractivity (Wildman–Crippen MR) is 86.6 cm³/mol. The molecular formula is C17H25N3O. The molecule has 0 fully saturated rings. The van der Waals surface area contributed by atoms with Gasteiger partial charge in [0.15, 0.2) is 0 Å². The molecule has 1 amide bonds. The lowest BCUT2D eigenvalue weighted by molar-refractivity contribution is -0.115. The number of nitrogens with one attached hydrogen (secondary N) is 1. The Balaban J connectivity index is 0. The molecule has 4 nitrogen and oxygen atoms in total. The number of benzene rings is 1. The van der Waals surface area contributed by atoms with E-state index in [1.807, 2.05) is 52.8 Å². The molecule has 0 saturated heterocycles. The van der Waals surface area contributed by atoms with Gasteiger partial charge in [-0.05, 0) is 23.6 Å². The van der Waals surface area contributed by atoms with Crippen molar-refractivity contribution in [1.82, 2.24) is 0 Å². The number of anilines is 1. The molecule has 1 aromatic rings. The van der Waals surface area contributed by atoms with Gasteiger partial charge >= 0.3 is 0 Å². The van der Waals surface area contributed by atoms with E-state index in [0.717, 1.165) is 5.56 Å². The van der Waals surface area contributed by atoms with Crippen molar-refractivity contribution in [2.75, 3.05) is 5.32 Å². The van der Waals surface area contributed by atoms with Crippen LogP contribution in [0.15, 0.2) is 24.3 Å². The summed E-state index contributed by atoms with van der Waals surface area (Å²) in [5, 5.41) is 19.6. The number of rotatable bonds is 4. The summed E-state index contributed by atoms with van der Waals surface area (Å²) in [6.45, 7) is 9.96. The van der Waals surface area contributed by atoms with E-state index >= 15 is 0 Å². The van der Waals surface area contributed by atoms with E-state index in [9.17, 15) is 4.79 Å². The first-order valence-electron chi connectivity index (χ1n) is 7.31. The topological polar surface area (TPSA) is 76.7 Å². The maximum Gasteiger partial charge on any atom is 0.238 e. The lowest BCUT2D eigenvalue weighted by Crippen LogP contribution is -2.10. The molecule has 1 N–H and O–H groups in total. The molecule has 1 atom stereocenters. The molecule has 21 heavy (non-hydrogen) atoms. The fraction of sp³-hybridized carbons (Fsp3) is 0.471. The molecule has 1 unspecified atom stereocenters. The van der Waals surface area contributed by atoms with Crippen LogP contribution in [0.1, 0.15) is 58.9 Å². The van der Waals surface area contributed by atoms with Crippen LogP contribution in [0.3, 0.4) is 0 Å². The number of nitrogens with zero attached hydrogens (tertiary/aromatic N) is 2. The summed E-state index contributed by atoms with van der Waals surface area (Å²) in [7, 11) is 0. The first-order valence-corrected chi connectivity index (χ1v) is 7.31. The van der Waals surface area contributed by atoms with Gasteiger partial charge in [-0.25, -0.2) is 0 Å². The van der Waals surface area contributed by atoms with Gasteiger partial charge in [-0.3, -0.25) is 4.79 Å². The monoisotopic (exact) mass is 287 g/mol. The normalized spacial score (nSPS) is 9.48. The van der Waals surface area contributed by atoms with E-state index in [2.05, 4.69) is 11.4 Å². The van der Waals surface area contributed by atoms with Crippen LogP contribution in [-0.4, -0.2) is 5.91 Å². The van der Waals surface area contributed by atoms with Crippen LogP contribution in [-0.2, 0) is 4.79 Å². The molecule has 0 aliphatic rings. The van der Waals surface area contributed by atoms with Crippen molar-refractivity contribution in [3.63, 3.8) is 0 Å². The third kappa shape index (κ3) is 9.24. The van der Waals surface area contributed by atoms with Crippen LogP contribution in [0, 0.1) is 22.7 Å². The molecule has 0 spiro atoms. The molecule has 1 rings (SSSR count). The summed E-state index contributed by atoms with van der Waals surface area (Å²) in [5.74, 6) is -0.189. The van der Waals surface area contributed by atoms with E-state index < -0.39 is 0 Å². The van der Waals surface area contributed by atoms with Gasteiger partial charge in [-0.1, -0.05) is 46.8 Å². The van der Waals surface area contributed by atoms with Crippen LogP contribution in [0.4, 0.5) is 5.69 Å². The highest BCUT2D eigenvalue weighted by Gasteiger charge is 2.07. The van der Waals surface area contributed by atoms with Gasteiger partial charge in [0.2, 0.25) is 5.91 Å². The second kappa shape index (κ2) is 14.1. The van der Waals surface area contributed by atoms with Crippen LogP contribution in [0.25, 0.3) is 0 Å². The van der Waals surface area contributed by atoms with Crippen molar-refractivity contribution >= 4 is 11.6 Å². The largest absolute Gasteiger partial charge is 0.325 e. The van der Waals surface area contributed by atoms with Gasteiger partial charge in [0, 0.05) is 12.1 Å². The Hall–Kier alpha value is -2.33. The zero-order chi connectivity index (χ0) is 16.7. The predicted octanol–water partition coefficient (Wildman–Crippen LogP) is 4.61. The van der Waals surface area contributed by atoms with Gasteiger partial charge in [-0.15, -0.1) is 0 Å². The Morgan fingerprint density at radius 2 is 1.81 bits per heavy atom. The summed E-state index contributed by atoms with van der Waals surface area (Å²) in [5.41, 5.74) is 1.66. The van der Waals surface area contributed by atoms with Gasteiger partial charge in [0.05, 0.1) is 12.1 Å². The van der Waals surface area contributed by atoms with Gasteiger partial charge in [0.25, 0.3) is 0 Å². The minimum atomic E-state index is -0.322. The Morgan fingerprint density at radius 1 is 1.19 bits per heavy atom. The van der Waals surface area contributed by atoms with Crippen LogP contribution >= 0.6 is 0 Å². The van der Waals surface area contributed by atoms with Crippen molar-refractivity contribution in [2.24, 2.45) is 0 Å². The van der Waals surface area contributed by atoms with Gasteiger partial charge < -0.3 is 5.32 Å². The first kappa shape index (κ1) is 21.0. The number of hydrogen-bond donors (Lipinski definition) is 1. The lowest BCUT2D eigenvalue weighted by atomic mass is 9.98. The number of amides is 1. The van der Waals surface area contributed by atoms with Crippen LogP contribution in [0.5, 0.6) is 0 Å². The Kier molecular flexibility index (Phi) is 14.1. The van der Waals surface area contributed by atoms with E-state index in [0.29, 0.717) is 12.1 Å². The molecule has 0 saturated carbocycles. The third-order valence-corrected chi connectivity index (χ3v) is 2.38. The van der Waals surface area contributed by atoms with Gasteiger partial charge in [0.1, 0.15) is 6.42 Å². The minimum Gasteiger partial charge on any atom is -0.325 e. The molecule has 0 aromatic heterocycles. The highest BCUT2D eigenvalue weighted by atomic mass is 16.1. The second-order valence-electron chi connectivity index (χ2n) is 3.77. The Labute approximate surface area is 128 Å². The van der Waals surface area contributed by atoms with Crippen LogP contribution in [0.2, 0.25) is 0 Å². The second-order valence-corrected chi connectivity index (χ2v) is 3.77. The van der Waals surface area contributed by atoms with Crippen molar-refractivity contribution in [3.8, 4) is 12.1 Å². The molecule has 0 radical (unpaired) electrons. The number of nitriles is 2. The maximum absolute atomic E-state index is 11.2. The van der Waals surface area contributed by atoms with E-state index in [1.165, 1.54) is 0 Å². The van der Waals surface area contributed by atoms with Crippen molar-refractivity contribution in [3.05, 3.63) is 29.8 Å². The third-order valence-electron chi connectivity index (χ3n) is 2.38.